The van der Waals surface area contributed by atoms with Gasteiger partial charge in [0.1, 0.15) is 11.7 Å². The topological polar surface area (TPSA) is 27.6 Å². The summed E-state index contributed by atoms with van der Waals surface area (Å²) in [6.07, 6.45) is 6.40. The number of nitrogens with one attached hydrogen (secondary N) is 1. The molecule has 5 heteroatoms. The van der Waals surface area contributed by atoms with Crippen LogP contribution in [0.25, 0.3) is 5.70 Å². The zero-order chi connectivity index (χ0) is 19.8. The first-order chi connectivity index (χ1) is 14.2. The average Bonchev–Trinajstić information content (AvgIpc) is 3.29. The minimum atomic E-state index is -0.354. The Morgan fingerprint density at radius 2 is 1.76 bits per heavy atom. The molecule has 3 nitrogen and oxygen atoms in total. The molecule has 150 valence electrons. The maximum atomic E-state index is 6.65. The zero-order valence-electron chi connectivity index (χ0n) is 16.6. The van der Waals surface area contributed by atoms with Gasteiger partial charge in [-0.2, -0.15) is 0 Å². The molecule has 0 saturated heterocycles. The van der Waals surface area contributed by atoms with Gasteiger partial charge in [-0.15, -0.1) is 0 Å². The van der Waals surface area contributed by atoms with E-state index in [2.05, 4.69) is 65.0 Å². The number of thioether (sulfide) groups is 1. The highest BCUT2D eigenvalue weighted by Crippen LogP contribution is 2.50. The Morgan fingerprint density at radius 3 is 2.52 bits per heavy atom. The van der Waals surface area contributed by atoms with Gasteiger partial charge in [-0.25, -0.2) is 4.99 Å². The second-order valence-electron chi connectivity index (χ2n) is 8.28. The normalized spacial score (nSPS) is 27.0. The Labute approximate surface area is 182 Å². The summed E-state index contributed by atoms with van der Waals surface area (Å²) in [5.74, 6) is 0. The lowest BCUT2D eigenvalue weighted by atomic mass is 9.89. The molecule has 3 aliphatic rings. The third kappa shape index (κ3) is 3.41. The van der Waals surface area contributed by atoms with E-state index in [9.17, 15) is 0 Å². The van der Waals surface area contributed by atoms with Crippen LogP contribution in [0.5, 0.6) is 0 Å². The molecule has 0 radical (unpaired) electrons. The van der Waals surface area contributed by atoms with Crippen molar-refractivity contribution in [1.29, 1.82) is 0 Å². The van der Waals surface area contributed by atoms with Gasteiger partial charge in [0.15, 0.2) is 5.17 Å². The number of fused-ring (bicyclic) bond motifs is 1. The minimum absolute atomic E-state index is 0.0481. The fourth-order valence-corrected chi connectivity index (χ4v) is 6.15. The van der Waals surface area contributed by atoms with E-state index in [1.807, 2.05) is 12.1 Å². The van der Waals surface area contributed by atoms with E-state index < -0.39 is 0 Å². The van der Waals surface area contributed by atoms with Crippen LogP contribution in [0.15, 0.2) is 65.0 Å². The molecule has 1 aliphatic carbocycles. The molecule has 0 amide bonds. The van der Waals surface area contributed by atoms with Crippen LogP contribution in [0.1, 0.15) is 56.2 Å². The number of halogens is 1. The van der Waals surface area contributed by atoms with Gasteiger partial charge < -0.3 is 0 Å². The third-order valence-electron chi connectivity index (χ3n) is 6.32. The number of hydrogen-bond donors (Lipinski definition) is 1. The molecule has 2 aromatic rings. The highest BCUT2D eigenvalue weighted by molar-refractivity contribution is 8.16. The van der Waals surface area contributed by atoms with Crippen molar-refractivity contribution in [2.24, 2.45) is 4.99 Å². The Bertz CT molecular complexity index is 952. The molecule has 1 fully saturated rings. The number of benzene rings is 2. The highest BCUT2D eigenvalue weighted by atomic mass is 35.5. The van der Waals surface area contributed by atoms with Crippen molar-refractivity contribution in [3.05, 3.63) is 76.2 Å². The maximum Gasteiger partial charge on any atom is 0.170 e. The third-order valence-corrected chi connectivity index (χ3v) is 7.50. The molecule has 29 heavy (non-hydrogen) atoms. The van der Waals surface area contributed by atoms with Crippen LogP contribution in [-0.2, 0) is 0 Å². The smallest absolute Gasteiger partial charge is 0.170 e. The van der Waals surface area contributed by atoms with Crippen molar-refractivity contribution in [3.8, 4) is 0 Å². The van der Waals surface area contributed by atoms with Crippen LogP contribution in [0.2, 0.25) is 5.02 Å². The first-order valence-corrected chi connectivity index (χ1v) is 11.7. The van der Waals surface area contributed by atoms with Gasteiger partial charge in [0.05, 0.1) is 5.70 Å². The van der Waals surface area contributed by atoms with Crippen molar-refractivity contribution in [2.45, 2.75) is 56.8 Å². The summed E-state index contributed by atoms with van der Waals surface area (Å²) in [6.45, 7) is 2.30. The monoisotopic (exact) mass is 423 g/mol. The Balaban J connectivity index is 1.56. The van der Waals surface area contributed by atoms with Crippen molar-refractivity contribution < 1.29 is 0 Å². The number of hydrogen-bond acceptors (Lipinski definition) is 4. The Morgan fingerprint density at radius 1 is 1.03 bits per heavy atom. The zero-order valence-corrected chi connectivity index (χ0v) is 18.2. The summed E-state index contributed by atoms with van der Waals surface area (Å²) < 4.78 is 0. The van der Waals surface area contributed by atoms with Gasteiger partial charge in [0.2, 0.25) is 0 Å². The quantitative estimate of drug-likeness (QED) is 0.613. The van der Waals surface area contributed by atoms with Gasteiger partial charge in [-0.05, 0) is 37.0 Å². The molecule has 2 aromatic carbocycles. The predicted molar refractivity (Wildman–Crippen MR) is 124 cm³/mol. The van der Waals surface area contributed by atoms with E-state index in [4.69, 9.17) is 16.6 Å². The molecule has 2 atom stereocenters. The lowest BCUT2D eigenvalue weighted by Crippen LogP contribution is -2.59. The van der Waals surface area contributed by atoms with E-state index in [1.165, 1.54) is 43.4 Å². The van der Waals surface area contributed by atoms with Crippen LogP contribution in [0.4, 0.5) is 0 Å². The Kier molecular flexibility index (Phi) is 5.19. The van der Waals surface area contributed by atoms with E-state index in [0.29, 0.717) is 6.04 Å². The van der Waals surface area contributed by atoms with Crippen LogP contribution in [0, 0.1) is 0 Å². The number of aliphatic imine (C=N–C) groups is 1. The van der Waals surface area contributed by atoms with Crippen LogP contribution >= 0.6 is 23.4 Å². The summed E-state index contributed by atoms with van der Waals surface area (Å²) in [5.41, 5.74) is 3.18. The van der Waals surface area contributed by atoms with Crippen molar-refractivity contribution in [1.82, 2.24) is 10.2 Å². The van der Waals surface area contributed by atoms with Crippen LogP contribution < -0.4 is 5.32 Å². The minimum Gasteiger partial charge on any atom is -0.299 e. The maximum absolute atomic E-state index is 6.65. The van der Waals surface area contributed by atoms with Gasteiger partial charge in [-0.3, -0.25) is 10.2 Å². The summed E-state index contributed by atoms with van der Waals surface area (Å²) in [6, 6.07) is 19.2. The lowest BCUT2D eigenvalue weighted by Gasteiger charge is -2.44. The summed E-state index contributed by atoms with van der Waals surface area (Å²) in [4.78, 5) is 7.59. The van der Waals surface area contributed by atoms with Gasteiger partial charge >= 0.3 is 0 Å². The van der Waals surface area contributed by atoms with Crippen molar-refractivity contribution >= 4 is 34.2 Å². The highest BCUT2D eigenvalue weighted by Gasteiger charge is 2.52. The molecule has 0 bridgehead atoms. The molecule has 0 spiro atoms. The van der Waals surface area contributed by atoms with E-state index in [-0.39, 0.29) is 11.7 Å². The largest absolute Gasteiger partial charge is 0.299 e. The van der Waals surface area contributed by atoms with Gasteiger partial charge in [0.25, 0.3) is 0 Å². The fourth-order valence-electron chi connectivity index (χ4n) is 4.89. The van der Waals surface area contributed by atoms with Crippen molar-refractivity contribution in [3.63, 3.8) is 0 Å². The Hall–Kier alpha value is -1.75. The average molecular weight is 424 g/mol. The first-order valence-electron chi connectivity index (χ1n) is 10.5. The SMILES string of the molecule is CC1(NC2CCCCC2)C(c2ccccc2Cl)N=C2SC=C(c3ccccc3)N21. The fraction of sp³-hybridized carbons (Fsp3) is 0.375. The summed E-state index contributed by atoms with van der Waals surface area (Å²) >= 11 is 8.36. The van der Waals surface area contributed by atoms with E-state index >= 15 is 0 Å². The number of nitrogens with zero attached hydrogens (tertiary/aromatic N) is 2. The van der Waals surface area contributed by atoms with Crippen molar-refractivity contribution in [2.75, 3.05) is 0 Å². The molecule has 5 rings (SSSR count). The molecular formula is C24H26ClN3S. The van der Waals surface area contributed by atoms with Gasteiger partial charge in [0, 0.05) is 16.5 Å². The standard InChI is InChI=1S/C24H26ClN3S/c1-24(27-18-12-6-3-7-13-18)22(19-14-8-9-15-20(19)25)26-23-28(24)21(16-29-23)17-10-4-2-5-11-17/h2,4-5,8-11,14-16,18,22,27H,3,6-7,12-13H2,1H3. The molecule has 2 unspecified atom stereocenters. The van der Waals surface area contributed by atoms with E-state index in [0.717, 1.165) is 15.8 Å². The number of rotatable bonds is 4. The molecule has 0 aromatic heterocycles. The molecular weight excluding hydrogens is 398 g/mol. The molecule has 2 aliphatic heterocycles. The first kappa shape index (κ1) is 19.2. The molecule has 2 heterocycles. The lowest BCUT2D eigenvalue weighted by molar-refractivity contribution is 0.154. The summed E-state index contributed by atoms with van der Waals surface area (Å²) in [5, 5.41) is 8.12. The second kappa shape index (κ2) is 7.82. The number of amidine groups is 1. The van der Waals surface area contributed by atoms with Crippen LogP contribution in [-0.4, -0.2) is 21.8 Å². The van der Waals surface area contributed by atoms with Crippen LogP contribution in [0.3, 0.4) is 0 Å². The summed E-state index contributed by atoms with van der Waals surface area (Å²) in [7, 11) is 0. The molecule has 1 N–H and O–H groups in total. The predicted octanol–water partition coefficient (Wildman–Crippen LogP) is 6.44. The van der Waals surface area contributed by atoms with E-state index in [1.54, 1.807) is 11.8 Å². The molecule has 1 saturated carbocycles. The second-order valence-corrected chi connectivity index (χ2v) is 9.53. The van der Waals surface area contributed by atoms with Gasteiger partial charge in [-0.1, -0.05) is 91.2 Å².